The zero-order valence-electron chi connectivity index (χ0n) is 16.5. The van der Waals surface area contributed by atoms with Gasteiger partial charge in [-0.05, 0) is 37.1 Å². The standard InChI is InChI=1S/C19H21N5O4S2/c1-12-3-4-16(28-2)17(9-12)30(26,27)24-7-5-13(11-24)14-10-15(23-22-14)18(25)21-19-20-6-8-29-19/h3-4,6,8-10,13H,5,7,11H2,1-2H3,(H,22,23)(H,20,21,25). The predicted molar refractivity (Wildman–Crippen MR) is 113 cm³/mol. The van der Waals surface area contributed by atoms with Crippen LogP contribution in [0.2, 0.25) is 0 Å². The van der Waals surface area contributed by atoms with Gasteiger partial charge in [-0.3, -0.25) is 15.2 Å². The molecule has 1 aliphatic rings. The third-order valence-corrected chi connectivity index (χ3v) is 7.59. The molecule has 9 nitrogen and oxygen atoms in total. The van der Waals surface area contributed by atoms with Crippen molar-refractivity contribution in [2.75, 3.05) is 25.5 Å². The highest BCUT2D eigenvalue weighted by Crippen LogP contribution is 2.34. The Morgan fingerprint density at radius 1 is 1.37 bits per heavy atom. The summed E-state index contributed by atoms with van der Waals surface area (Å²) in [6.45, 7) is 2.52. The second-order valence-electron chi connectivity index (χ2n) is 7.00. The molecule has 30 heavy (non-hydrogen) atoms. The first-order valence-corrected chi connectivity index (χ1v) is 11.6. The molecule has 158 valence electrons. The fourth-order valence-corrected chi connectivity index (χ4v) is 5.70. The molecular weight excluding hydrogens is 426 g/mol. The van der Waals surface area contributed by atoms with E-state index in [1.807, 2.05) is 13.0 Å². The normalized spacial score (nSPS) is 17.2. The molecule has 2 N–H and O–H groups in total. The number of hydrogen-bond acceptors (Lipinski definition) is 7. The summed E-state index contributed by atoms with van der Waals surface area (Å²) in [6.07, 6.45) is 2.23. The first-order valence-electron chi connectivity index (χ1n) is 9.29. The lowest BCUT2D eigenvalue weighted by Crippen LogP contribution is -2.29. The number of sulfonamides is 1. The molecule has 2 aromatic heterocycles. The minimum Gasteiger partial charge on any atom is -0.495 e. The number of carbonyl (C=O) groups is 1. The van der Waals surface area contributed by atoms with Gasteiger partial charge in [-0.1, -0.05) is 6.07 Å². The van der Waals surface area contributed by atoms with Crippen molar-refractivity contribution in [3.63, 3.8) is 0 Å². The van der Waals surface area contributed by atoms with E-state index >= 15 is 0 Å². The van der Waals surface area contributed by atoms with Gasteiger partial charge in [0, 0.05) is 36.3 Å². The molecule has 0 aliphatic carbocycles. The van der Waals surface area contributed by atoms with E-state index in [1.165, 1.54) is 22.8 Å². The first kappa shape index (κ1) is 20.5. The van der Waals surface area contributed by atoms with Gasteiger partial charge in [-0.25, -0.2) is 13.4 Å². The number of aryl methyl sites for hydroxylation is 1. The second-order valence-corrected chi connectivity index (χ2v) is 9.80. The molecule has 1 aliphatic heterocycles. The van der Waals surface area contributed by atoms with Crippen LogP contribution in [0.1, 0.15) is 34.1 Å². The van der Waals surface area contributed by atoms with Gasteiger partial charge in [0.05, 0.1) is 7.11 Å². The smallest absolute Gasteiger partial charge is 0.277 e. The number of amides is 1. The molecule has 0 saturated carbocycles. The number of aromatic nitrogens is 3. The summed E-state index contributed by atoms with van der Waals surface area (Å²) in [5.74, 6) is -0.115. The fraction of sp³-hybridized carbons (Fsp3) is 0.316. The van der Waals surface area contributed by atoms with Crippen molar-refractivity contribution in [3.05, 3.63) is 52.8 Å². The highest BCUT2D eigenvalue weighted by molar-refractivity contribution is 7.89. The average molecular weight is 448 g/mol. The molecule has 0 bridgehead atoms. The number of benzene rings is 1. The van der Waals surface area contributed by atoms with Gasteiger partial charge >= 0.3 is 0 Å². The van der Waals surface area contributed by atoms with Crippen LogP contribution in [0, 0.1) is 6.92 Å². The van der Waals surface area contributed by atoms with Crippen molar-refractivity contribution in [1.29, 1.82) is 0 Å². The second kappa shape index (κ2) is 8.17. The zero-order valence-corrected chi connectivity index (χ0v) is 18.1. The summed E-state index contributed by atoms with van der Waals surface area (Å²) in [5, 5.41) is 11.9. The Balaban J connectivity index is 1.49. The monoisotopic (exact) mass is 447 g/mol. The number of hydrogen-bond donors (Lipinski definition) is 2. The number of H-pyrrole nitrogens is 1. The summed E-state index contributed by atoms with van der Waals surface area (Å²) >= 11 is 1.32. The zero-order chi connectivity index (χ0) is 21.3. The lowest BCUT2D eigenvalue weighted by molar-refractivity contribution is 0.102. The van der Waals surface area contributed by atoms with E-state index in [4.69, 9.17) is 4.74 Å². The minimum absolute atomic E-state index is 0.0792. The molecule has 11 heteroatoms. The Morgan fingerprint density at radius 2 is 2.20 bits per heavy atom. The number of nitrogens with one attached hydrogen (secondary N) is 2. The van der Waals surface area contributed by atoms with Gasteiger partial charge in [-0.2, -0.15) is 9.40 Å². The van der Waals surface area contributed by atoms with Crippen LogP contribution in [0.4, 0.5) is 5.13 Å². The summed E-state index contributed by atoms with van der Waals surface area (Å²) in [6, 6.07) is 6.77. The molecule has 1 amide bonds. The van der Waals surface area contributed by atoms with Crippen molar-refractivity contribution < 1.29 is 17.9 Å². The summed E-state index contributed by atoms with van der Waals surface area (Å²) in [7, 11) is -2.24. The van der Waals surface area contributed by atoms with Crippen molar-refractivity contribution in [1.82, 2.24) is 19.5 Å². The number of methoxy groups -OCH3 is 1. The van der Waals surface area contributed by atoms with Gasteiger partial charge in [0.1, 0.15) is 10.6 Å². The third-order valence-electron chi connectivity index (χ3n) is 5.01. The minimum atomic E-state index is -3.70. The molecule has 1 aromatic carbocycles. The Hall–Kier alpha value is -2.76. The van der Waals surface area contributed by atoms with Gasteiger partial charge in [0.15, 0.2) is 10.8 Å². The van der Waals surface area contributed by atoms with Crippen LogP contribution >= 0.6 is 11.3 Å². The Kier molecular flexibility index (Phi) is 5.58. The number of carbonyl (C=O) groups excluding carboxylic acids is 1. The maximum absolute atomic E-state index is 13.2. The van der Waals surface area contributed by atoms with Crippen LogP contribution in [0.15, 0.2) is 40.7 Å². The molecule has 3 aromatic rings. The highest BCUT2D eigenvalue weighted by atomic mass is 32.2. The van der Waals surface area contributed by atoms with Crippen molar-refractivity contribution in [2.24, 2.45) is 0 Å². The molecule has 1 atom stereocenters. The van der Waals surface area contributed by atoms with Gasteiger partial charge in [0.2, 0.25) is 10.0 Å². The number of rotatable bonds is 6. The number of aromatic amines is 1. The van der Waals surface area contributed by atoms with E-state index in [2.05, 4.69) is 20.5 Å². The molecule has 1 fully saturated rings. The summed E-state index contributed by atoms with van der Waals surface area (Å²) in [5.41, 5.74) is 1.81. The molecule has 1 unspecified atom stereocenters. The van der Waals surface area contributed by atoms with E-state index in [0.717, 1.165) is 11.3 Å². The van der Waals surface area contributed by atoms with E-state index < -0.39 is 10.0 Å². The molecule has 4 rings (SSSR count). The topological polar surface area (TPSA) is 117 Å². The lowest BCUT2D eigenvalue weighted by Gasteiger charge is -2.18. The molecule has 0 radical (unpaired) electrons. The molecule has 3 heterocycles. The fourth-order valence-electron chi connectivity index (χ4n) is 3.43. The Morgan fingerprint density at radius 3 is 2.93 bits per heavy atom. The van der Waals surface area contributed by atoms with E-state index in [1.54, 1.807) is 29.8 Å². The third kappa shape index (κ3) is 3.95. The summed E-state index contributed by atoms with van der Waals surface area (Å²) in [4.78, 5) is 16.5. The van der Waals surface area contributed by atoms with Crippen molar-refractivity contribution in [2.45, 2.75) is 24.2 Å². The largest absolute Gasteiger partial charge is 0.495 e. The molecule has 1 saturated heterocycles. The van der Waals surface area contributed by atoms with E-state index in [-0.39, 0.29) is 22.4 Å². The first-order chi connectivity index (χ1) is 14.4. The average Bonchev–Trinajstić information content (AvgIpc) is 3.48. The van der Waals surface area contributed by atoms with Gasteiger partial charge in [0.25, 0.3) is 5.91 Å². The SMILES string of the molecule is COc1ccc(C)cc1S(=O)(=O)N1CCC(c2cc(C(=O)Nc3nccs3)n[nH]2)C1. The van der Waals surface area contributed by atoms with E-state index in [9.17, 15) is 13.2 Å². The quantitative estimate of drug-likeness (QED) is 0.600. The van der Waals surface area contributed by atoms with Crippen LogP contribution in [0.25, 0.3) is 0 Å². The van der Waals surface area contributed by atoms with Crippen molar-refractivity contribution >= 4 is 32.4 Å². The van der Waals surface area contributed by atoms with Crippen LogP contribution in [0.5, 0.6) is 5.75 Å². The number of ether oxygens (including phenoxy) is 1. The maximum Gasteiger partial charge on any atom is 0.277 e. The van der Waals surface area contributed by atoms with Crippen molar-refractivity contribution in [3.8, 4) is 5.75 Å². The number of nitrogens with zero attached hydrogens (tertiary/aromatic N) is 3. The number of thiazole rings is 1. The Labute approximate surface area is 178 Å². The van der Waals surface area contributed by atoms with Gasteiger partial charge < -0.3 is 4.74 Å². The highest BCUT2D eigenvalue weighted by Gasteiger charge is 2.35. The Bertz CT molecular complexity index is 1160. The predicted octanol–water partition coefficient (Wildman–Crippen LogP) is 2.61. The van der Waals surface area contributed by atoms with E-state index in [0.29, 0.717) is 30.4 Å². The molecular formula is C19H21N5O4S2. The van der Waals surface area contributed by atoms with Crippen LogP contribution in [0.3, 0.4) is 0 Å². The van der Waals surface area contributed by atoms with Crippen LogP contribution < -0.4 is 10.1 Å². The van der Waals surface area contributed by atoms with Crippen LogP contribution in [-0.2, 0) is 10.0 Å². The summed E-state index contributed by atoms with van der Waals surface area (Å²) < 4.78 is 33.1. The van der Waals surface area contributed by atoms with Crippen LogP contribution in [-0.4, -0.2) is 54.0 Å². The van der Waals surface area contributed by atoms with Gasteiger partial charge in [-0.15, -0.1) is 11.3 Å². The number of anilines is 1. The maximum atomic E-state index is 13.2. The molecule has 0 spiro atoms. The lowest BCUT2D eigenvalue weighted by atomic mass is 10.1.